The van der Waals surface area contributed by atoms with Gasteiger partial charge in [0.25, 0.3) is 0 Å². The fraction of sp³-hybridized carbons (Fsp3) is 0.133. The van der Waals surface area contributed by atoms with Crippen molar-refractivity contribution in [3.63, 3.8) is 0 Å². The van der Waals surface area contributed by atoms with Crippen molar-refractivity contribution in [3.05, 3.63) is 59.7 Å². The van der Waals surface area contributed by atoms with E-state index in [-0.39, 0.29) is 22.9 Å². The van der Waals surface area contributed by atoms with Gasteiger partial charge in [0.15, 0.2) is 5.78 Å². The Morgan fingerprint density at radius 1 is 1.15 bits per heavy atom. The minimum absolute atomic E-state index is 0.0282. The molecule has 0 aliphatic rings. The summed E-state index contributed by atoms with van der Waals surface area (Å²) in [5, 5.41) is 0. The Hall–Kier alpha value is -1.88. The van der Waals surface area contributed by atoms with Gasteiger partial charge >= 0.3 is 0 Å². The van der Waals surface area contributed by atoms with Crippen molar-refractivity contribution in [1.29, 1.82) is 0 Å². The van der Waals surface area contributed by atoms with Crippen LogP contribution in [0.25, 0.3) is 0 Å². The second-order valence-electron chi connectivity index (χ2n) is 4.01. The fourth-order valence-corrected chi connectivity index (χ4v) is 2.39. The molecular weight excluding hydrogens is 282 g/mol. The highest BCUT2D eigenvalue weighted by molar-refractivity contribution is 8.00. The molecule has 2 aromatic carbocycles. The van der Waals surface area contributed by atoms with Gasteiger partial charge in [-0.05, 0) is 36.4 Å². The first-order valence-electron chi connectivity index (χ1n) is 5.85. The third-order valence-electron chi connectivity index (χ3n) is 2.66. The number of thioether (sulfide) groups is 1. The first-order chi connectivity index (χ1) is 9.60. The fourth-order valence-electron chi connectivity index (χ4n) is 1.61. The Bertz CT molecular complexity index is 612. The topological polar surface area (TPSA) is 26.3 Å². The van der Waals surface area contributed by atoms with Crippen LogP contribution in [-0.2, 0) is 0 Å². The number of hydrogen-bond acceptors (Lipinski definition) is 3. The average Bonchev–Trinajstić information content (AvgIpc) is 2.46. The molecule has 0 saturated heterocycles. The highest BCUT2D eigenvalue weighted by atomic mass is 32.2. The van der Waals surface area contributed by atoms with Gasteiger partial charge in [0.05, 0.1) is 18.4 Å². The SMILES string of the molecule is COc1ccc(C(=O)CSc2ccc(F)cc2)c(F)c1. The van der Waals surface area contributed by atoms with Crippen LogP contribution < -0.4 is 4.74 Å². The lowest BCUT2D eigenvalue weighted by Gasteiger charge is -2.05. The molecule has 2 rings (SSSR count). The van der Waals surface area contributed by atoms with Crippen LogP contribution in [0.1, 0.15) is 10.4 Å². The lowest BCUT2D eigenvalue weighted by Crippen LogP contribution is -2.05. The predicted molar refractivity (Wildman–Crippen MR) is 74.4 cm³/mol. The van der Waals surface area contributed by atoms with Crippen molar-refractivity contribution in [2.24, 2.45) is 0 Å². The highest BCUT2D eigenvalue weighted by Gasteiger charge is 2.13. The van der Waals surface area contributed by atoms with Crippen LogP contribution in [0.3, 0.4) is 0 Å². The standard InChI is InChI=1S/C15H12F2O2S/c1-19-11-4-7-13(14(17)8-11)15(18)9-20-12-5-2-10(16)3-6-12/h2-8H,9H2,1H3. The Labute approximate surface area is 119 Å². The molecule has 0 heterocycles. The summed E-state index contributed by atoms with van der Waals surface area (Å²) >= 11 is 1.24. The summed E-state index contributed by atoms with van der Waals surface area (Å²) in [6.07, 6.45) is 0. The number of ketones is 1. The van der Waals surface area contributed by atoms with Crippen molar-refractivity contribution >= 4 is 17.5 Å². The second kappa shape index (κ2) is 6.52. The lowest BCUT2D eigenvalue weighted by atomic mass is 10.1. The molecule has 0 radical (unpaired) electrons. The zero-order valence-electron chi connectivity index (χ0n) is 10.7. The molecule has 2 aromatic rings. The van der Waals surface area contributed by atoms with Crippen molar-refractivity contribution in [3.8, 4) is 5.75 Å². The van der Waals surface area contributed by atoms with E-state index in [9.17, 15) is 13.6 Å². The maximum Gasteiger partial charge on any atom is 0.176 e. The number of carbonyl (C=O) groups is 1. The summed E-state index contributed by atoms with van der Waals surface area (Å²) in [4.78, 5) is 12.7. The number of ether oxygens (including phenoxy) is 1. The largest absolute Gasteiger partial charge is 0.497 e. The summed E-state index contributed by atoms with van der Waals surface area (Å²) in [6.45, 7) is 0. The van der Waals surface area contributed by atoms with E-state index in [1.54, 1.807) is 18.2 Å². The van der Waals surface area contributed by atoms with Crippen LogP contribution in [0.15, 0.2) is 47.4 Å². The van der Waals surface area contributed by atoms with Gasteiger partial charge in [-0.25, -0.2) is 8.78 Å². The van der Waals surface area contributed by atoms with Crippen LogP contribution in [0.5, 0.6) is 5.75 Å². The van der Waals surface area contributed by atoms with Gasteiger partial charge in [0, 0.05) is 11.0 Å². The molecule has 0 spiro atoms. The van der Waals surface area contributed by atoms with E-state index in [4.69, 9.17) is 4.74 Å². The Kier molecular flexibility index (Phi) is 4.74. The van der Waals surface area contributed by atoms with Gasteiger partial charge < -0.3 is 4.74 Å². The summed E-state index contributed by atoms with van der Waals surface area (Å²) in [6, 6.07) is 9.92. The maximum absolute atomic E-state index is 13.7. The van der Waals surface area contributed by atoms with E-state index in [0.29, 0.717) is 5.75 Å². The number of Topliss-reactive ketones (excluding diaryl/α,β-unsaturated/α-hetero) is 1. The molecule has 104 valence electrons. The van der Waals surface area contributed by atoms with E-state index < -0.39 is 5.82 Å². The normalized spacial score (nSPS) is 10.3. The van der Waals surface area contributed by atoms with Crippen molar-refractivity contribution in [2.75, 3.05) is 12.9 Å². The Morgan fingerprint density at radius 2 is 1.85 bits per heavy atom. The Balaban J connectivity index is 2.03. The molecule has 0 aromatic heterocycles. The molecule has 2 nitrogen and oxygen atoms in total. The zero-order chi connectivity index (χ0) is 14.5. The van der Waals surface area contributed by atoms with Crippen molar-refractivity contribution in [1.82, 2.24) is 0 Å². The van der Waals surface area contributed by atoms with Crippen molar-refractivity contribution in [2.45, 2.75) is 4.90 Å². The molecule has 0 N–H and O–H groups in total. The molecule has 5 heteroatoms. The predicted octanol–water partition coefficient (Wildman–Crippen LogP) is 3.95. The third kappa shape index (κ3) is 3.57. The molecule has 0 bridgehead atoms. The van der Waals surface area contributed by atoms with E-state index >= 15 is 0 Å². The first-order valence-corrected chi connectivity index (χ1v) is 6.84. The summed E-state index contributed by atoms with van der Waals surface area (Å²) in [5.74, 6) is -0.796. The molecule has 0 amide bonds. The van der Waals surface area contributed by atoms with Crippen LogP contribution >= 0.6 is 11.8 Å². The van der Waals surface area contributed by atoms with E-state index in [0.717, 1.165) is 4.90 Å². The molecular formula is C15H12F2O2S. The quantitative estimate of drug-likeness (QED) is 0.617. The van der Waals surface area contributed by atoms with Gasteiger partial charge in [-0.2, -0.15) is 0 Å². The minimum atomic E-state index is -0.603. The smallest absolute Gasteiger partial charge is 0.176 e. The third-order valence-corrected chi connectivity index (χ3v) is 3.67. The second-order valence-corrected chi connectivity index (χ2v) is 5.06. The summed E-state index contributed by atoms with van der Waals surface area (Å²) in [7, 11) is 1.43. The molecule has 0 aliphatic carbocycles. The van der Waals surface area contributed by atoms with Crippen LogP contribution in [0.4, 0.5) is 8.78 Å². The highest BCUT2D eigenvalue weighted by Crippen LogP contribution is 2.22. The van der Waals surface area contributed by atoms with E-state index in [1.807, 2.05) is 0 Å². The molecule has 0 saturated carbocycles. The number of methoxy groups -OCH3 is 1. The van der Waals surface area contributed by atoms with E-state index in [1.165, 1.54) is 43.1 Å². The number of halogens is 2. The van der Waals surface area contributed by atoms with Gasteiger partial charge in [0.2, 0.25) is 0 Å². The number of carbonyl (C=O) groups excluding carboxylic acids is 1. The molecule has 20 heavy (non-hydrogen) atoms. The number of hydrogen-bond donors (Lipinski definition) is 0. The lowest BCUT2D eigenvalue weighted by molar-refractivity contribution is 0.101. The first kappa shape index (κ1) is 14.5. The molecule has 0 unspecified atom stereocenters. The van der Waals surface area contributed by atoms with E-state index in [2.05, 4.69) is 0 Å². The van der Waals surface area contributed by atoms with Crippen LogP contribution in [-0.4, -0.2) is 18.6 Å². The average molecular weight is 294 g/mol. The van der Waals surface area contributed by atoms with Crippen LogP contribution in [0.2, 0.25) is 0 Å². The molecule has 0 fully saturated rings. The van der Waals surface area contributed by atoms with Gasteiger partial charge in [-0.3, -0.25) is 4.79 Å². The zero-order valence-corrected chi connectivity index (χ0v) is 11.5. The monoisotopic (exact) mass is 294 g/mol. The van der Waals surface area contributed by atoms with Gasteiger partial charge in [-0.1, -0.05) is 0 Å². The van der Waals surface area contributed by atoms with Gasteiger partial charge in [-0.15, -0.1) is 11.8 Å². The maximum atomic E-state index is 13.7. The van der Waals surface area contributed by atoms with Crippen molar-refractivity contribution < 1.29 is 18.3 Å². The molecule has 0 aliphatic heterocycles. The minimum Gasteiger partial charge on any atom is -0.497 e. The van der Waals surface area contributed by atoms with Gasteiger partial charge in [0.1, 0.15) is 17.4 Å². The summed E-state index contributed by atoms with van der Waals surface area (Å²) < 4.78 is 31.3. The number of benzene rings is 2. The number of rotatable bonds is 5. The summed E-state index contributed by atoms with van der Waals surface area (Å²) in [5.41, 5.74) is 0.0282. The molecule has 0 atom stereocenters. The Morgan fingerprint density at radius 3 is 2.45 bits per heavy atom. The van der Waals surface area contributed by atoms with Crippen LogP contribution in [0, 0.1) is 11.6 Å².